The molecule has 1 atom stereocenters. The van der Waals surface area contributed by atoms with Crippen LogP contribution in [0.3, 0.4) is 0 Å². The van der Waals surface area contributed by atoms with Gasteiger partial charge in [-0.15, -0.1) is 0 Å². The van der Waals surface area contributed by atoms with Gasteiger partial charge in [0.1, 0.15) is 13.2 Å². The molecule has 0 heterocycles. The minimum atomic E-state index is -0.791. The molecule has 0 aromatic rings. The van der Waals surface area contributed by atoms with Crippen LogP contribution in [0.5, 0.6) is 0 Å². The van der Waals surface area contributed by atoms with Crippen LogP contribution < -0.4 is 0 Å². The van der Waals surface area contributed by atoms with E-state index in [-0.39, 0.29) is 31.1 Å². The average molecular weight is 964 g/mol. The van der Waals surface area contributed by atoms with Crippen molar-refractivity contribution in [3.8, 4) is 0 Å². The Morgan fingerprint density at radius 3 is 0.899 bits per heavy atom. The molecule has 0 aliphatic carbocycles. The van der Waals surface area contributed by atoms with Crippen molar-refractivity contribution in [2.24, 2.45) is 0 Å². The van der Waals surface area contributed by atoms with E-state index < -0.39 is 6.10 Å². The summed E-state index contributed by atoms with van der Waals surface area (Å²) in [5.41, 5.74) is 0. The van der Waals surface area contributed by atoms with Gasteiger partial charge in [0.25, 0.3) is 0 Å². The topological polar surface area (TPSA) is 78.9 Å². The minimum absolute atomic E-state index is 0.0892. The van der Waals surface area contributed by atoms with Crippen molar-refractivity contribution in [2.75, 3.05) is 13.2 Å². The second-order valence-electron chi connectivity index (χ2n) is 19.7. The van der Waals surface area contributed by atoms with Crippen LogP contribution in [0, 0.1) is 0 Å². The summed E-state index contributed by atoms with van der Waals surface area (Å²) in [5.74, 6) is -0.914. The van der Waals surface area contributed by atoms with Crippen LogP contribution in [0.2, 0.25) is 0 Å². The third-order valence-electron chi connectivity index (χ3n) is 12.8. The van der Waals surface area contributed by atoms with E-state index in [2.05, 4.69) is 75.5 Å². The summed E-state index contributed by atoms with van der Waals surface area (Å²) >= 11 is 0. The molecular formula is C63H110O6. The van der Waals surface area contributed by atoms with Gasteiger partial charge in [-0.05, 0) is 64.2 Å². The summed E-state index contributed by atoms with van der Waals surface area (Å²) in [5, 5.41) is 0. The molecule has 0 fully saturated rings. The summed E-state index contributed by atoms with van der Waals surface area (Å²) < 4.78 is 16.9. The maximum Gasteiger partial charge on any atom is 0.306 e. The molecule has 1 unspecified atom stereocenters. The average Bonchev–Trinajstić information content (AvgIpc) is 3.35. The van der Waals surface area contributed by atoms with Crippen molar-refractivity contribution in [1.82, 2.24) is 0 Å². The van der Waals surface area contributed by atoms with Crippen LogP contribution in [0.4, 0.5) is 0 Å². The van der Waals surface area contributed by atoms with E-state index in [0.29, 0.717) is 19.3 Å². The number of unbranched alkanes of at least 4 members (excludes halogenated alkanes) is 34. The molecule has 0 aliphatic rings. The van der Waals surface area contributed by atoms with E-state index in [1.165, 1.54) is 148 Å². The van der Waals surface area contributed by atoms with Gasteiger partial charge in [-0.25, -0.2) is 0 Å². The fraction of sp³-hybridized carbons (Fsp3) is 0.762. The first-order valence-electron chi connectivity index (χ1n) is 29.5. The van der Waals surface area contributed by atoms with E-state index in [9.17, 15) is 14.4 Å². The van der Waals surface area contributed by atoms with E-state index in [4.69, 9.17) is 14.2 Å². The first-order chi connectivity index (χ1) is 34.0. The first-order valence-corrected chi connectivity index (χ1v) is 29.5. The molecule has 69 heavy (non-hydrogen) atoms. The first kappa shape index (κ1) is 65.8. The highest BCUT2D eigenvalue weighted by atomic mass is 16.6. The summed E-state index contributed by atoms with van der Waals surface area (Å²) in [7, 11) is 0. The van der Waals surface area contributed by atoms with Crippen molar-refractivity contribution in [1.29, 1.82) is 0 Å². The quantitative estimate of drug-likeness (QED) is 0.0262. The molecule has 0 saturated heterocycles. The zero-order valence-corrected chi connectivity index (χ0v) is 45.6. The van der Waals surface area contributed by atoms with Crippen molar-refractivity contribution in [3.05, 3.63) is 72.9 Å². The Morgan fingerprint density at radius 1 is 0.304 bits per heavy atom. The molecule has 0 radical (unpaired) electrons. The lowest BCUT2D eigenvalue weighted by Crippen LogP contribution is -2.30. The van der Waals surface area contributed by atoms with Gasteiger partial charge in [0.2, 0.25) is 0 Å². The van der Waals surface area contributed by atoms with Crippen LogP contribution >= 0.6 is 0 Å². The van der Waals surface area contributed by atoms with Crippen molar-refractivity contribution in [3.63, 3.8) is 0 Å². The fourth-order valence-electron chi connectivity index (χ4n) is 8.39. The van der Waals surface area contributed by atoms with Crippen molar-refractivity contribution >= 4 is 17.9 Å². The molecule has 0 N–H and O–H groups in total. The third-order valence-corrected chi connectivity index (χ3v) is 12.8. The van der Waals surface area contributed by atoms with E-state index >= 15 is 0 Å². The SMILES string of the molecule is CC\C=C/C=C\C=C/C=C\CCCCCCCC(=O)OCC(COC(=O)CCCCCCC/C=C\C=C/CCCCCCCCC)OC(=O)CCCCCCCCCCCCCCCCCCCC. The molecule has 0 aromatic heterocycles. The monoisotopic (exact) mass is 963 g/mol. The van der Waals surface area contributed by atoms with Gasteiger partial charge in [0, 0.05) is 19.3 Å². The minimum Gasteiger partial charge on any atom is -0.462 e. The van der Waals surface area contributed by atoms with Gasteiger partial charge in [-0.1, -0.05) is 280 Å². The number of hydrogen-bond acceptors (Lipinski definition) is 6. The zero-order chi connectivity index (χ0) is 50.0. The summed E-state index contributed by atoms with van der Waals surface area (Å²) in [6.45, 7) is 6.50. The lowest BCUT2D eigenvalue weighted by Gasteiger charge is -2.18. The smallest absolute Gasteiger partial charge is 0.306 e. The number of hydrogen-bond donors (Lipinski definition) is 0. The van der Waals surface area contributed by atoms with Crippen molar-refractivity contribution in [2.45, 2.75) is 297 Å². The van der Waals surface area contributed by atoms with E-state index in [0.717, 1.165) is 103 Å². The molecule has 0 aliphatic heterocycles. The molecule has 0 rings (SSSR count). The number of ether oxygens (including phenoxy) is 3. The van der Waals surface area contributed by atoms with Crippen LogP contribution in [0.15, 0.2) is 72.9 Å². The molecular weight excluding hydrogens is 853 g/mol. The highest BCUT2D eigenvalue weighted by Crippen LogP contribution is 2.16. The number of rotatable bonds is 53. The van der Waals surface area contributed by atoms with Gasteiger partial charge in [0.15, 0.2) is 6.10 Å². The lowest BCUT2D eigenvalue weighted by molar-refractivity contribution is -0.167. The van der Waals surface area contributed by atoms with Gasteiger partial charge in [0.05, 0.1) is 0 Å². The Balaban J connectivity index is 4.41. The van der Waals surface area contributed by atoms with Crippen LogP contribution in [-0.2, 0) is 28.6 Å². The highest BCUT2D eigenvalue weighted by Gasteiger charge is 2.19. The van der Waals surface area contributed by atoms with E-state index in [1.807, 2.05) is 18.2 Å². The summed E-state index contributed by atoms with van der Waals surface area (Å²) in [6, 6.07) is 0. The molecule has 6 heteroatoms. The summed E-state index contributed by atoms with van der Waals surface area (Å²) in [6.07, 6.45) is 73.2. The molecule has 0 amide bonds. The lowest BCUT2D eigenvalue weighted by atomic mass is 10.0. The van der Waals surface area contributed by atoms with Gasteiger partial charge < -0.3 is 14.2 Å². The standard InChI is InChI=1S/C63H110O6/c1-4-7-10-13-16-19-22-25-28-30-32-35-38-41-44-47-50-53-56-62(65)68-59-60(58-67-61(64)55-52-49-46-43-40-37-34-27-24-21-18-15-12-9-6-3)69-63(66)57-54-51-48-45-42-39-36-33-31-29-26-23-20-17-14-11-8-5-2/h9,12,15,18,21,24,27-28,30,32,34-35,60H,4-8,10-11,13-14,16-17,19-20,22-23,25-26,29,31,33,36-59H2,1-3H3/b12-9-,18-15-,24-21-,30-28-,34-27-,35-32-. The third kappa shape index (κ3) is 55.6. The fourth-order valence-corrected chi connectivity index (χ4v) is 8.39. The molecule has 0 spiro atoms. The largest absolute Gasteiger partial charge is 0.462 e. The Labute approximate surface area is 427 Å². The summed E-state index contributed by atoms with van der Waals surface area (Å²) in [4.78, 5) is 38.2. The van der Waals surface area contributed by atoms with Gasteiger partial charge in [-0.2, -0.15) is 0 Å². The Morgan fingerprint density at radius 2 is 0.565 bits per heavy atom. The second kappa shape index (κ2) is 57.4. The number of carbonyl (C=O) groups is 3. The van der Waals surface area contributed by atoms with Gasteiger partial charge >= 0.3 is 17.9 Å². The Hall–Kier alpha value is -3.15. The van der Waals surface area contributed by atoms with E-state index in [1.54, 1.807) is 0 Å². The highest BCUT2D eigenvalue weighted by molar-refractivity contribution is 5.71. The Kier molecular flexibility index (Phi) is 54.8. The molecule has 398 valence electrons. The molecule has 0 aromatic carbocycles. The number of carbonyl (C=O) groups excluding carboxylic acids is 3. The maximum atomic E-state index is 12.9. The zero-order valence-electron chi connectivity index (χ0n) is 45.6. The normalized spacial score (nSPS) is 12.6. The maximum absolute atomic E-state index is 12.9. The molecule has 6 nitrogen and oxygen atoms in total. The molecule has 0 saturated carbocycles. The number of allylic oxidation sites excluding steroid dienone is 12. The second-order valence-corrected chi connectivity index (χ2v) is 19.7. The number of esters is 3. The van der Waals surface area contributed by atoms with Crippen LogP contribution in [-0.4, -0.2) is 37.2 Å². The Bertz CT molecular complexity index is 1290. The van der Waals surface area contributed by atoms with Crippen molar-refractivity contribution < 1.29 is 28.6 Å². The van der Waals surface area contributed by atoms with Crippen LogP contribution in [0.1, 0.15) is 290 Å². The predicted molar refractivity (Wildman–Crippen MR) is 298 cm³/mol. The molecule has 0 bridgehead atoms. The predicted octanol–water partition coefficient (Wildman–Crippen LogP) is 19.8. The van der Waals surface area contributed by atoms with Crippen LogP contribution in [0.25, 0.3) is 0 Å². The van der Waals surface area contributed by atoms with Gasteiger partial charge in [-0.3, -0.25) is 14.4 Å².